The molecule has 0 aliphatic carbocycles. The van der Waals surface area contributed by atoms with Gasteiger partial charge in [-0.3, -0.25) is 0 Å². The second-order valence-corrected chi connectivity index (χ2v) is 6.88. The number of guanidine groups is 1. The van der Waals surface area contributed by atoms with E-state index in [-0.39, 0.29) is 24.0 Å². The molecule has 0 saturated heterocycles. The fourth-order valence-corrected chi connectivity index (χ4v) is 2.55. The molecule has 8 heteroatoms. The maximum Gasteiger partial charge on any atom is 0.191 e. The van der Waals surface area contributed by atoms with Gasteiger partial charge in [0.15, 0.2) is 5.96 Å². The monoisotopic (exact) mass is 534 g/mol. The van der Waals surface area contributed by atoms with Gasteiger partial charge in [-0.2, -0.15) is 0 Å². The highest BCUT2D eigenvalue weighted by Crippen LogP contribution is 2.11. The molecule has 2 N–H and O–H groups in total. The molecule has 6 nitrogen and oxygen atoms in total. The van der Waals surface area contributed by atoms with Gasteiger partial charge in [0.1, 0.15) is 12.2 Å². The van der Waals surface area contributed by atoms with Gasteiger partial charge in [-0.1, -0.05) is 41.9 Å². The van der Waals surface area contributed by atoms with Gasteiger partial charge in [0.2, 0.25) is 0 Å². The average molecular weight is 535 g/mol. The minimum absolute atomic E-state index is 0. The van der Waals surface area contributed by atoms with Crippen molar-refractivity contribution in [3.8, 4) is 0 Å². The zero-order chi connectivity index (χ0) is 18.1. The van der Waals surface area contributed by atoms with Crippen LogP contribution >= 0.6 is 39.9 Å². The molecule has 1 aromatic heterocycles. The zero-order valence-electron chi connectivity index (χ0n) is 15.6. The average Bonchev–Trinajstić information content (AvgIpc) is 3.08. The Kier molecular flexibility index (Phi) is 10.8. The summed E-state index contributed by atoms with van der Waals surface area (Å²) in [5.74, 6) is 1.84. The first kappa shape index (κ1) is 22.9. The van der Waals surface area contributed by atoms with Crippen LogP contribution in [0, 0.1) is 0 Å². The molecular formula is C18H28BrIN6. The third-order valence-electron chi connectivity index (χ3n) is 3.99. The summed E-state index contributed by atoms with van der Waals surface area (Å²) < 4.78 is 3.15. The van der Waals surface area contributed by atoms with Crippen LogP contribution in [0.2, 0.25) is 0 Å². The van der Waals surface area contributed by atoms with Crippen LogP contribution in [0.3, 0.4) is 0 Å². The van der Waals surface area contributed by atoms with E-state index in [0.717, 1.165) is 42.2 Å². The number of rotatable bonds is 8. The molecule has 0 radical (unpaired) electrons. The first-order chi connectivity index (χ1) is 12.1. The molecule has 2 aromatic rings. The quantitative estimate of drug-likeness (QED) is 0.307. The van der Waals surface area contributed by atoms with E-state index >= 15 is 0 Å². The third kappa shape index (κ3) is 7.61. The number of aliphatic imine (C=N–C) groups is 1. The highest BCUT2D eigenvalue weighted by molar-refractivity contribution is 14.0. The lowest BCUT2D eigenvalue weighted by atomic mass is 10.2. The van der Waals surface area contributed by atoms with Crippen LogP contribution in [0.25, 0.3) is 0 Å². The lowest BCUT2D eigenvalue weighted by Gasteiger charge is -2.17. The SMILES string of the molecule is CCc1nncn1CCNC(=NCc1ccc(Br)cc1)NC(C)CC.I. The van der Waals surface area contributed by atoms with Crippen LogP contribution in [-0.4, -0.2) is 33.3 Å². The van der Waals surface area contributed by atoms with Crippen LogP contribution in [0.4, 0.5) is 0 Å². The highest BCUT2D eigenvalue weighted by Gasteiger charge is 2.05. The van der Waals surface area contributed by atoms with Crippen molar-refractivity contribution in [2.75, 3.05) is 6.54 Å². The summed E-state index contributed by atoms with van der Waals surface area (Å²) in [6, 6.07) is 8.62. The Morgan fingerprint density at radius 1 is 1.27 bits per heavy atom. The smallest absolute Gasteiger partial charge is 0.191 e. The number of aromatic nitrogens is 3. The summed E-state index contributed by atoms with van der Waals surface area (Å²) >= 11 is 3.46. The van der Waals surface area contributed by atoms with Crippen molar-refractivity contribution >= 4 is 45.9 Å². The van der Waals surface area contributed by atoms with Crippen molar-refractivity contribution in [2.45, 2.75) is 52.7 Å². The van der Waals surface area contributed by atoms with Gasteiger partial charge < -0.3 is 15.2 Å². The Morgan fingerprint density at radius 2 is 2.00 bits per heavy atom. The summed E-state index contributed by atoms with van der Waals surface area (Å²) in [7, 11) is 0. The van der Waals surface area contributed by atoms with E-state index in [2.05, 4.69) is 74.2 Å². The lowest BCUT2D eigenvalue weighted by Crippen LogP contribution is -2.43. The molecule has 2 rings (SSSR count). The molecule has 0 saturated carbocycles. The minimum Gasteiger partial charge on any atom is -0.355 e. The van der Waals surface area contributed by atoms with Crippen LogP contribution < -0.4 is 10.6 Å². The normalized spacial score (nSPS) is 12.4. The van der Waals surface area contributed by atoms with Gasteiger partial charge in [-0.15, -0.1) is 34.2 Å². The Balaban J connectivity index is 0.00000338. The molecule has 144 valence electrons. The van der Waals surface area contributed by atoms with Crippen molar-refractivity contribution < 1.29 is 0 Å². The Bertz CT molecular complexity index is 671. The summed E-state index contributed by atoms with van der Waals surface area (Å²) in [5, 5.41) is 14.9. The predicted molar refractivity (Wildman–Crippen MR) is 121 cm³/mol. The Labute approximate surface area is 181 Å². The van der Waals surface area contributed by atoms with Gasteiger partial charge in [0.25, 0.3) is 0 Å². The number of benzene rings is 1. The summed E-state index contributed by atoms with van der Waals surface area (Å²) in [4.78, 5) is 4.71. The van der Waals surface area contributed by atoms with Crippen LogP contribution in [0.5, 0.6) is 0 Å². The molecule has 26 heavy (non-hydrogen) atoms. The van der Waals surface area contributed by atoms with Crippen LogP contribution in [-0.2, 0) is 19.5 Å². The zero-order valence-corrected chi connectivity index (χ0v) is 19.5. The highest BCUT2D eigenvalue weighted by atomic mass is 127. The second kappa shape index (κ2) is 12.3. The number of nitrogens with zero attached hydrogens (tertiary/aromatic N) is 4. The molecule has 0 fully saturated rings. The maximum absolute atomic E-state index is 4.71. The van der Waals surface area contributed by atoms with E-state index in [4.69, 9.17) is 4.99 Å². The molecule has 0 amide bonds. The van der Waals surface area contributed by atoms with E-state index in [0.29, 0.717) is 12.6 Å². The van der Waals surface area contributed by atoms with Crippen LogP contribution in [0.15, 0.2) is 40.1 Å². The van der Waals surface area contributed by atoms with Crippen molar-refractivity contribution in [1.29, 1.82) is 0 Å². The van der Waals surface area contributed by atoms with Crippen molar-refractivity contribution in [2.24, 2.45) is 4.99 Å². The summed E-state index contributed by atoms with van der Waals surface area (Å²) in [5.41, 5.74) is 1.18. The van der Waals surface area contributed by atoms with Gasteiger partial charge in [0.05, 0.1) is 6.54 Å². The molecule has 0 spiro atoms. The number of nitrogens with one attached hydrogen (secondary N) is 2. The molecule has 1 aromatic carbocycles. The first-order valence-corrected chi connectivity index (χ1v) is 9.57. The Morgan fingerprint density at radius 3 is 2.65 bits per heavy atom. The fraction of sp³-hybridized carbons (Fsp3) is 0.500. The minimum atomic E-state index is 0. The van der Waals surface area contributed by atoms with Gasteiger partial charge >= 0.3 is 0 Å². The summed E-state index contributed by atoms with van der Waals surface area (Å²) in [6.45, 7) is 8.64. The lowest BCUT2D eigenvalue weighted by molar-refractivity contribution is 0.599. The van der Waals surface area contributed by atoms with Crippen molar-refractivity contribution in [3.63, 3.8) is 0 Å². The molecule has 1 atom stereocenters. The van der Waals surface area contributed by atoms with E-state index in [1.165, 1.54) is 5.56 Å². The predicted octanol–water partition coefficient (Wildman–Crippen LogP) is 3.75. The number of halogens is 2. The van der Waals surface area contributed by atoms with Crippen LogP contribution in [0.1, 0.15) is 38.6 Å². The topological polar surface area (TPSA) is 67.1 Å². The van der Waals surface area contributed by atoms with Gasteiger partial charge in [0, 0.05) is 30.0 Å². The first-order valence-electron chi connectivity index (χ1n) is 8.78. The maximum atomic E-state index is 4.71. The molecule has 0 bridgehead atoms. The fourth-order valence-electron chi connectivity index (χ4n) is 2.28. The third-order valence-corrected chi connectivity index (χ3v) is 4.51. The van der Waals surface area contributed by atoms with E-state index in [9.17, 15) is 0 Å². The number of hydrogen-bond acceptors (Lipinski definition) is 3. The van der Waals surface area contributed by atoms with Crippen molar-refractivity contribution in [1.82, 2.24) is 25.4 Å². The van der Waals surface area contributed by atoms with Crippen molar-refractivity contribution in [3.05, 3.63) is 46.5 Å². The van der Waals surface area contributed by atoms with E-state index in [1.807, 2.05) is 12.1 Å². The Hall–Kier alpha value is -1.16. The molecule has 1 heterocycles. The number of hydrogen-bond donors (Lipinski definition) is 2. The number of aryl methyl sites for hydroxylation is 1. The molecular weight excluding hydrogens is 507 g/mol. The van der Waals surface area contributed by atoms with Gasteiger partial charge in [-0.05, 0) is 31.0 Å². The standard InChI is InChI=1S/C18H27BrN6.HI/c1-4-14(3)23-18(21-12-15-6-8-16(19)9-7-15)20-10-11-25-13-22-24-17(25)5-2;/h6-9,13-14H,4-5,10-12H2,1-3H3,(H2,20,21,23);1H. The van der Waals surface area contributed by atoms with E-state index in [1.54, 1.807) is 6.33 Å². The van der Waals surface area contributed by atoms with E-state index < -0.39 is 0 Å². The summed E-state index contributed by atoms with van der Waals surface area (Å²) in [6.07, 6.45) is 3.71. The second-order valence-electron chi connectivity index (χ2n) is 5.97. The molecule has 0 aliphatic rings. The molecule has 0 aliphatic heterocycles. The van der Waals surface area contributed by atoms with Gasteiger partial charge in [-0.25, -0.2) is 4.99 Å². The largest absolute Gasteiger partial charge is 0.355 e. The molecule has 1 unspecified atom stereocenters.